The number of ether oxygens (including phenoxy) is 2. The minimum atomic E-state index is -1.47. The van der Waals surface area contributed by atoms with Gasteiger partial charge in [0.25, 0.3) is 5.69 Å². The highest BCUT2D eigenvalue weighted by molar-refractivity contribution is 5.76. The molecular formula is C17H22N4O8. The van der Waals surface area contributed by atoms with E-state index in [2.05, 4.69) is 15.5 Å². The van der Waals surface area contributed by atoms with Crippen LogP contribution in [0.2, 0.25) is 0 Å². The number of hydrogen-bond acceptors (Lipinski definition) is 10. The van der Waals surface area contributed by atoms with Gasteiger partial charge in [0.1, 0.15) is 30.1 Å². The van der Waals surface area contributed by atoms with Crippen molar-refractivity contribution in [3.63, 3.8) is 0 Å². The molecule has 0 aliphatic carbocycles. The number of carbonyl (C=O) groups is 1. The monoisotopic (exact) mass is 410 g/mol. The highest BCUT2D eigenvalue weighted by atomic mass is 16.7. The van der Waals surface area contributed by atoms with E-state index in [0.29, 0.717) is 6.42 Å². The van der Waals surface area contributed by atoms with Crippen molar-refractivity contribution in [2.45, 2.75) is 56.1 Å². The first-order valence-electron chi connectivity index (χ1n) is 8.99. The summed E-state index contributed by atoms with van der Waals surface area (Å²) in [6.45, 7) is 1.19. The molecule has 1 amide bonds. The summed E-state index contributed by atoms with van der Waals surface area (Å²) in [6.07, 6.45) is -4.84. The molecule has 0 unspecified atom stereocenters. The molecule has 0 aromatic heterocycles. The molecule has 1 saturated heterocycles. The van der Waals surface area contributed by atoms with Crippen LogP contribution in [-0.4, -0.2) is 69.1 Å². The zero-order valence-corrected chi connectivity index (χ0v) is 15.5. The van der Waals surface area contributed by atoms with E-state index in [9.17, 15) is 30.2 Å². The molecule has 29 heavy (non-hydrogen) atoms. The van der Waals surface area contributed by atoms with Crippen LogP contribution in [0, 0.1) is 10.1 Å². The number of amides is 1. The Morgan fingerprint density at radius 1 is 1.31 bits per heavy atom. The maximum Gasteiger partial charge on any atom is 0.269 e. The lowest BCUT2D eigenvalue weighted by Crippen LogP contribution is -2.65. The number of nitro benzene ring substituents is 1. The van der Waals surface area contributed by atoms with Crippen molar-refractivity contribution in [2.24, 2.45) is 10.2 Å². The molecule has 1 aromatic carbocycles. The third-order valence-electron chi connectivity index (χ3n) is 4.78. The smallest absolute Gasteiger partial charge is 0.269 e. The fourth-order valence-electron chi connectivity index (χ4n) is 2.91. The summed E-state index contributed by atoms with van der Waals surface area (Å²) < 4.78 is 11.1. The Labute approximate surface area is 165 Å². The quantitative estimate of drug-likeness (QED) is 0.338. The molecule has 0 bridgehead atoms. The largest absolute Gasteiger partial charge is 0.463 e. The molecule has 2 aliphatic heterocycles. The Morgan fingerprint density at radius 3 is 2.52 bits per heavy atom. The molecule has 4 N–H and O–H groups in total. The van der Waals surface area contributed by atoms with Crippen LogP contribution < -0.4 is 10.1 Å². The Kier molecular flexibility index (Phi) is 6.07. The normalized spacial score (nSPS) is 29.9. The van der Waals surface area contributed by atoms with Crippen LogP contribution in [0.4, 0.5) is 5.69 Å². The number of aliphatic hydroxyl groups is 3. The van der Waals surface area contributed by atoms with Crippen LogP contribution in [0.5, 0.6) is 5.75 Å². The van der Waals surface area contributed by atoms with Gasteiger partial charge in [-0.3, -0.25) is 14.9 Å². The van der Waals surface area contributed by atoms with Crippen LogP contribution in [0.25, 0.3) is 0 Å². The van der Waals surface area contributed by atoms with Gasteiger partial charge < -0.3 is 30.1 Å². The number of rotatable bonds is 8. The lowest BCUT2D eigenvalue weighted by Gasteiger charge is -2.42. The van der Waals surface area contributed by atoms with Crippen LogP contribution in [-0.2, 0) is 9.53 Å². The second kappa shape index (κ2) is 8.37. The molecule has 3 rings (SSSR count). The van der Waals surface area contributed by atoms with Crippen molar-refractivity contribution in [3.05, 3.63) is 34.4 Å². The van der Waals surface area contributed by atoms with Crippen molar-refractivity contribution in [1.29, 1.82) is 0 Å². The van der Waals surface area contributed by atoms with Crippen molar-refractivity contribution < 1.29 is 34.5 Å². The van der Waals surface area contributed by atoms with Gasteiger partial charge in [-0.05, 0) is 19.1 Å². The second-order valence-electron chi connectivity index (χ2n) is 7.09. The predicted octanol–water partition coefficient (Wildman–Crippen LogP) is -0.140. The van der Waals surface area contributed by atoms with E-state index >= 15 is 0 Å². The maximum absolute atomic E-state index is 12.3. The molecular weight excluding hydrogens is 388 g/mol. The molecule has 158 valence electrons. The summed E-state index contributed by atoms with van der Waals surface area (Å²) >= 11 is 0. The van der Waals surface area contributed by atoms with Crippen LogP contribution in [0.3, 0.4) is 0 Å². The molecule has 0 radical (unpaired) electrons. The van der Waals surface area contributed by atoms with Crippen LogP contribution in [0.1, 0.15) is 19.8 Å². The van der Waals surface area contributed by atoms with Crippen molar-refractivity contribution in [2.75, 3.05) is 6.61 Å². The Hall–Kier alpha value is -2.67. The molecule has 2 heterocycles. The van der Waals surface area contributed by atoms with Gasteiger partial charge in [0.05, 0.1) is 11.5 Å². The highest BCUT2D eigenvalue weighted by Gasteiger charge is 2.46. The van der Waals surface area contributed by atoms with Gasteiger partial charge in [-0.2, -0.15) is 10.2 Å². The minimum Gasteiger partial charge on any atom is -0.463 e. The van der Waals surface area contributed by atoms with Gasteiger partial charge in [-0.25, -0.2) is 0 Å². The third-order valence-corrected chi connectivity index (χ3v) is 4.78. The summed E-state index contributed by atoms with van der Waals surface area (Å²) in [4.78, 5) is 22.5. The number of nitrogens with one attached hydrogen (secondary N) is 1. The van der Waals surface area contributed by atoms with Gasteiger partial charge >= 0.3 is 0 Å². The minimum absolute atomic E-state index is 0.0799. The van der Waals surface area contributed by atoms with E-state index in [4.69, 9.17) is 9.47 Å². The zero-order chi connectivity index (χ0) is 21.2. The molecule has 12 nitrogen and oxygen atoms in total. The number of hydrogen-bond donors (Lipinski definition) is 4. The van der Waals surface area contributed by atoms with Crippen molar-refractivity contribution >= 4 is 11.6 Å². The Balaban J connectivity index is 1.70. The van der Waals surface area contributed by atoms with Crippen molar-refractivity contribution in [1.82, 2.24) is 5.32 Å². The summed E-state index contributed by atoms with van der Waals surface area (Å²) in [7, 11) is 0. The molecule has 1 fully saturated rings. The second-order valence-corrected chi connectivity index (χ2v) is 7.09. The van der Waals surface area contributed by atoms with E-state index in [-0.39, 0.29) is 17.9 Å². The number of carbonyl (C=O) groups excluding carboxylic acids is 1. The van der Waals surface area contributed by atoms with Gasteiger partial charge in [0.15, 0.2) is 5.66 Å². The molecule has 0 spiro atoms. The summed E-state index contributed by atoms with van der Waals surface area (Å²) in [5.74, 6) is -0.244. The van der Waals surface area contributed by atoms with Gasteiger partial charge in [0, 0.05) is 25.0 Å². The number of benzene rings is 1. The molecule has 5 atom stereocenters. The standard InChI is InChI=1S/C17H22N4O8/c1-17(19-20-17)7-6-12(23)18-13-15(25)14(24)11(8-22)29-16(13)28-10-4-2-9(3-5-10)21(26)27/h2-5,11,13-16,22,24-25H,6-8H2,1H3,(H,18,23)/t11-,13-,14-,15-,16-/m1/s1. The average molecular weight is 410 g/mol. The number of nitro groups is 1. The fraction of sp³-hybridized carbons (Fsp3) is 0.588. The number of non-ortho nitro benzene ring substituents is 1. The fourth-order valence-corrected chi connectivity index (χ4v) is 2.91. The maximum atomic E-state index is 12.3. The van der Waals surface area contributed by atoms with Crippen molar-refractivity contribution in [3.8, 4) is 5.75 Å². The molecule has 2 aliphatic rings. The van der Waals surface area contributed by atoms with E-state index in [1.54, 1.807) is 6.92 Å². The van der Waals surface area contributed by atoms with E-state index in [1.165, 1.54) is 24.3 Å². The van der Waals surface area contributed by atoms with Crippen LogP contribution in [0.15, 0.2) is 34.5 Å². The Bertz CT molecular complexity index is 780. The predicted molar refractivity (Wildman–Crippen MR) is 95.9 cm³/mol. The summed E-state index contributed by atoms with van der Waals surface area (Å²) in [5.41, 5.74) is -0.699. The van der Waals surface area contributed by atoms with E-state index < -0.39 is 53.7 Å². The van der Waals surface area contributed by atoms with Gasteiger partial charge in [-0.15, -0.1) is 0 Å². The van der Waals surface area contributed by atoms with E-state index in [1.807, 2.05) is 0 Å². The summed E-state index contributed by atoms with van der Waals surface area (Å²) in [6, 6.07) is 3.98. The molecule has 1 aromatic rings. The van der Waals surface area contributed by atoms with Crippen LogP contribution >= 0.6 is 0 Å². The lowest BCUT2D eigenvalue weighted by atomic mass is 9.96. The first kappa shape index (κ1) is 21.0. The number of aliphatic hydroxyl groups excluding tert-OH is 3. The SMILES string of the molecule is CC1(CCC(=O)N[C@H]2[C@H](Oc3ccc([N+](=O)[O-])cc3)O[C@H](CO)[C@@H](O)[C@@H]2O)N=N1. The first-order valence-corrected chi connectivity index (χ1v) is 8.99. The van der Waals surface area contributed by atoms with E-state index in [0.717, 1.165) is 0 Å². The first-order chi connectivity index (χ1) is 13.7. The number of nitrogens with zero attached hydrogens (tertiary/aromatic N) is 3. The lowest BCUT2D eigenvalue weighted by molar-refractivity contribution is -0.384. The highest BCUT2D eigenvalue weighted by Crippen LogP contribution is 2.32. The van der Waals surface area contributed by atoms with Gasteiger partial charge in [-0.1, -0.05) is 0 Å². The third kappa shape index (κ3) is 5.03. The Morgan fingerprint density at radius 2 is 1.97 bits per heavy atom. The molecule has 12 heteroatoms. The summed E-state index contributed by atoms with van der Waals surface area (Å²) in [5, 5.41) is 50.9. The molecule has 0 saturated carbocycles. The topological polar surface area (TPSA) is 176 Å². The average Bonchev–Trinajstić information content (AvgIpc) is 3.44. The zero-order valence-electron chi connectivity index (χ0n) is 15.5. The van der Waals surface area contributed by atoms with Gasteiger partial charge in [0.2, 0.25) is 12.2 Å².